The first-order chi connectivity index (χ1) is 8.43. The third-order valence-corrected chi connectivity index (χ3v) is 2.19. The molecule has 0 fully saturated rings. The SMILES string of the molecule is c1cnnc(-c2cccc(-n3nccn3)n2)c1. The molecule has 0 radical (unpaired) electrons. The van der Waals surface area contributed by atoms with Crippen LogP contribution in [0.25, 0.3) is 17.2 Å². The van der Waals surface area contributed by atoms with Crippen LogP contribution in [0, 0.1) is 0 Å². The van der Waals surface area contributed by atoms with Gasteiger partial charge >= 0.3 is 0 Å². The van der Waals surface area contributed by atoms with Crippen LogP contribution in [0.3, 0.4) is 0 Å². The van der Waals surface area contributed by atoms with E-state index in [1.807, 2.05) is 30.3 Å². The van der Waals surface area contributed by atoms with Crippen LogP contribution in [-0.4, -0.2) is 30.2 Å². The highest BCUT2D eigenvalue weighted by molar-refractivity contribution is 5.54. The third kappa shape index (κ3) is 1.87. The second-order valence-corrected chi connectivity index (χ2v) is 3.31. The monoisotopic (exact) mass is 224 g/mol. The molecule has 0 aromatic carbocycles. The number of aromatic nitrogens is 6. The first-order valence-corrected chi connectivity index (χ1v) is 5.05. The Morgan fingerprint density at radius 1 is 0.824 bits per heavy atom. The van der Waals surface area contributed by atoms with Gasteiger partial charge < -0.3 is 0 Å². The van der Waals surface area contributed by atoms with Crippen LogP contribution in [0.2, 0.25) is 0 Å². The van der Waals surface area contributed by atoms with E-state index in [1.54, 1.807) is 18.6 Å². The summed E-state index contributed by atoms with van der Waals surface area (Å²) in [5.41, 5.74) is 1.47. The molecule has 0 aliphatic heterocycles. The number of nitrogens with zero attached hydrogens (tertiary/aromatic N) is 6. The minimum atomic E-state index is 0.651. The molecule has 0 aliphatic rings. The fourth-order valence-corrected chi connectivity index (χ4v) is 1.45. The van der Waals surface area contributed by atoms with Gasteiger partial charge in [0.15, 0.2) is 5.82 Å². The molecular weight excluding hydrogens is 216 g/mol. The normalized spacial score (nSPS) is 10.4. The van der Waals surface area contributed by atoms with Crippen molar-refractivity contribution in [3.63, 3.8) is 0 Å². The van der Waals surface area contributed by atoms with Crippen molar-refractivity contribution in [1.82, 2.24) is 30.2 Å². The summed E-state index contributed by atoms with van der Waals surface area (Å²) in [5, 5.41) is 15.9. The van der Waals surface area contributed by atoms with Gasteiger partial charge in [0.25, 0.3) is 0 Å². The summed E-state index contributed by atoms with van der Waals surface area (Å²) in [7, 11) is 0. The van der Waals surface area contributed by atoms with Crippen molar-refractivity contribution >= 4 is 0 Å². The lowest BCUT2D eigenvalue weighted by Crippen LogP contribution is -2.02. The van der Waals surface area contributed by atoms with Gasteiger partial charge in [0.1, 0.15) is 5.69 Å². The highest BCUT2D eigenvalue weighted by Gasteiger charge is 2.04. The van der Waals surface area contributed by atoms with Crippen molar-refractivity contribution in [3.8, 4) is 17.2 Å². The lowest BCUT2D eigenvalue weighted by Gasteiger charge is -2.01. The molecule has 0 bridgehead atoms. The van der Waals surface area contributed by atoms with Crippen molar-refractivity contribution in [2.24, 2.45) is 0 Å². The number of rotatable bonds is 2. The molecule has 3 rings (SSSR count). The molecule has 0 N–H and O–H groups in total. The average Bonchev–Trinajstić information content (AvgIpc) is 2.94. The molecule has 0 spiro atoms. The predicted octanol–water partition coefficient (Wildman–Crippen LogP) is 1.12. The smallest absolute Gasteiger partial charge is 0.174 e. The fourth-order valence-electron chi connectivity index (χ4n) is 1.45. The molecule has 0 amide bonds. The Bertz CT molecular complexity index is 605. The number of pyridine rings is 1. The van der Waals surface area contributed by atoms with Crippen molar-refractivity contribution in [3.05, 3.63) is 48.9 Å². The first-order valence-electron chi connectivity index (χ1n) is 5.05. The van der Waals surface area contributed by atoms with Crippen molar-refractivity contribution in [2.75, 3.05) is 0 Å². The Hall–Kier alpha value is -2.63. The van der Waals surface area contributed by atoms with E-state index in [0.717, 1.165) is 11.4 Å². The summed E-state index contributed by atoms with van der Waals surface area (Å²) in [6, 6.07) is 9.27. The zero-order valence-electron chi connectivity index (χ0n) is 8.80. The maximum Gasteiger partial charge on any atom is 0.174 e. The van der Waals surface area contributed by atoms with Crippen LogP contribution < -0.4 is 0 Å². The largest absolute Gasteiger partial charge is 0.225 e. The van der Waals surface area contributed by atoms with Gasteiger partial charge in [-0.25, -0.2) is 4.98 Å². The summed E-state index contributed by atoms with van der Waals surface area (Å²) < 4.78 is 0. The minimum Gasteiger partial charge on any atom is -0.225 e. The summed E-state index contributed by atoms with van der Waals surface area (Å²) >= 11 is 0. The van der Waals surface area contributed by atoms with Gasteiger partial charge in [-0.15, -0.1) is 9.90 Å². The Labute approximate surface area is 97.0 Å². The van der Waals surface area contributed by atoms with E-state index in [-0.39, 0.29) is 0 Å². The maximum atomic E-state index is 4.42. The number of hydrogen-bond acceptors (Lipinski definition) is 5. The molecule has 0 saturated carbocycles. The van der Waals surface area contributed by atoms with Crippen LogP contribution in [0.4, 0.5) is 0 Å². The predicted molar refractivity (Wildman–Crippen MR) is 60.2 cm³/mol. The van der Waals surface area contributed by atoms with Gasteiger partial charge in [-0.3, -0.25) is 0 Å². The van der Waals surface area contributed by atoms with Gasteiger partial charge in [-0.05, 0) is 24.3 Å². The van der Waals surface area contributed by atoms with Gasteiger partial charge in [-0.1, -0.05) is 6.07 Å². The summed E-state index contributed by atoms with van der Waals surface area (Å²) in [6.45, 7) is 0. The quantitative estimate of drug-likeness (QED) is 0.652. The van der Waals surface area contributed by atoms with E-state index in [2.05, 4.69) is 25.4 Å². The van der Waals surface area contributed by atoms with Gasteiger partial charge in [-0.2, -0.15) is 15.3 Å². The van der Waals surface area contributed by atoms with E-state index in [1.165, 1.54) is 4.80 Å². The first kappa shape index (κ1) is 9.59. The Kier molecular flexibility index (Phi) is 2.31. The Morgan fingerprint density at radius 3 is 2.41 bits per heavy atom. The second kappa shape index (κ2) is 4.09. The van der Waals surface area contributed by atoms with Crippen molar-refractivity contribution in [1.29, 1.82) is 0 Å². The van der Waals surface area contributed by atoms with E-state index in [9.17, 15) is 0 Å². The Balaban J connectivity index is 2.06. The molecule has 3 aromatic heterocycles. The highest BCUT2D eigenvalue weighted by Crippen LogP contribution is 2.13. The summed E-state index contributed by atoms with van der Waals surface area (Å²) in [5.74, 6) is 0.651. The van der Waals surface area contributed by atoms with Crippen LogP contribution in [0.1, 0.15) is 0 Å². The summed E-state index contributed by atoms with van der Waals surface area (Å²) in [4.78, 5) is 5.88. The average molecular weight is 224 g/mol. The molecule has 0 unspecified atom stereocenters. The van der Waals surface area contributed by atoms with Crippen molar-refractivity contribution < 1.29 is 0 Å². The topological polar surface area (TPSA) is 69.4 Å². The minimum absolute atomic E-state index is 0.651. The van der Waals surface area contributed by atoms with Crippen molar-refractivity contribution in [2.45, 2.75) is 0 Å². The van der Waals surface area contributed by atoms with Crippen LogP contribution in [-0.2, 0) is 0 Å². The third-order valence-electron chi connectivity index (χ3n) is 2.19. The van der Waals surface area contributed by atoms with Crippen LogP contribution in [0.15, 0.2) is 48.9 Å². The Morgan fingerprint density at radius 2 is 1.65 bits per heavy atom. The summed E-state index contributed by atoms with van der Waals surface area (Å²) in [6.07, 6.45) is 4.84. The molecule has 6 heteroatoms. The van der Waals surface area contributed by atoms with Crippen LogP contribution in [0.5, 0.6) is 0 Å². The van der Waals surface area contributed by atoms with Gasteiger partial charge in [0.2, 0.25) is 0 Å². The molecule has 0 atom stereocenters. The van der Waals surface area contributed by atoms with Crippen LogP contribution >= 0.6 is 0 Å². The lowest BCUT2D eigenvalue weighted by molar-refractivity contribution is 0.730. The zero-order valence-corrected chi connectivity index (χ0v) is 8.80. The van der Waals surface area contributed by atoms with Gasteiger partial charge in [0.05, 0.1) is 18.1 Å². The molecule has 82 valence electrons. The lowest BCUT2D eigenvalue weighted by atomic mass is 10.2. The zero-order chi connectivity index (χ0) is 11.5. The molecular formula is C11H8N6. The van der Waals surface area contributed by atoms with Gasteiger partial charge in [0, 0.05) is 6.20 Å². The molecule has 0 aliphatic carbocycles. The fraction of sp³-hybridized carbons (Fsp3) is 0. The van der Waals surface area contributed by atoms with E-state index in [4.69, 9.17) is 0 Å². The standard InChI is InChI=1S/C11H8N6/c1-3-9(10-4-2-6-12-16-10)15-11(5-1)17-13-7-8-14-17/h1-8H. The molecule has 3 aromatic rings. The number of hydrogen-bond donors (Lipinski definition) is 0. The second-order valence-electron chi connectivity index (χ2n) is 3.31. The highest BCUT2D eigenvalue weighted by atomic mass is 15.5. The molecule has 17 heavy (non-hydrogen) atoms. The van der Waals surface area contributed by atoms with E-state index < -0.39 is 0 Å². The maximum absolute atomic E-state index is 4.42. The molecule has 3 heterocycles. The van der Waals surface area contributed by atoms with E-state index >= 15 is 0 Å². The van der Waals surface area contributed by atoms with E-state index in [0.29, 0.717) is 5.82 Å². The molecule has 6 nitrogen and oxygen atoms in total. The molecule has 0 saturated heterocycles.